The maximum Gasteiger partial charge on any atom is 0.227 e. The molecule has 0 N–H and O–H groups in total. The van der Waals surface area contributed by atoms with Crippen molar-refractivity contribution in [1.82, 2.24) is 15.0 Å². The molecule has 0 atom stereocenters. The molecule has 0 aliphatic rings. The van der Waals surface area contributed by atoms with Gasteiger partial charge in [-0.1, -0.05) is 49.1 Å². The Labute approximate surface area is 133 Å². The highest BCUT2D eigenvalue weighted by Gasteiger charge is 2.07. The third kappa shape index (κ3) is 4.00. The first-order valence-corrected chi connectivity index (χ1v) is 7.03. The molecule has 0 fully saturated rings. The van der Waals surface area contributed by atoms with Gasteiger partial charge in [-0.3, -0.25) is 0 Å². The number of aromatic nitrogens is 3. The van der Waals surface area contributed by atoms with Crippen LogP contribution in [0.3, 0.4) is 0 Å². The molecule has 3 nitrogen and oxygen atoms in total. The van der Waals surface area contributed by atoms with Crippen LogP contribution in [0.5, 0.6) is 0 Å². The third-order valence-corrected chi connectivity index (χ3v) is 3.02. The first-order chi connectivity index (χ1) is 10.1. The molecule has 0 saturated carbocycles. The summed E-state index contributed by atoms with van der Waals surface area (Å²) in [4.78, 5) is 11.9. The molecular weight excluding hydrogens is 305 g/mol. The van der Waals surface area contributed by atoms with Crippen molar-refractivity contribution >= 4 is 28.8 Å². The van der Waals surface area contributed by atoms with Crippen LogP contribution in [0.25, 0.3) is 17.0 Å². The molecule has 0 bridgehead atoms. The summed E-state index contributed by atoms with van der Waals surface area (Å²) in [5, 5.41) is 0.149. The number of benzene rings is 1. The molecule has 0 radical (unpaired) electrons. The van der Waals surface area contributed by atoms with E-state index in [4.69, 9.17) is 23.2 Å². The maximum atomic E-state index is 5.82. The monoisotopic (exact) mass is 317 g/mol. The van der Waals surface area contributed by atoms with E-state index in [2.05, 4.69) is 21.5 Å². The lowest BCUT2D eigenvalue weighted by Gasteiger charge is -2.06. The number of rotatable bonds is 4. The van der Waals surface area contributed by atoms with Crippen molar-refractivity contribution in [2.75, 3.05) is 0 Å². The van der Waals surface area contributed by atoms with E-state index in [0.717, 1.165) is 16.7 Å². The van der Waals surface area contributed by atoms with Gasteiger partial charge >= 0.3 is 0 Å². The summed E-state index contributed by atoms with van der Waals surface area (Å²) in [7, 11) is 0. The molecule has 0 amide bonds. The molecule has 0 saturated heterocycles. The van der Waals surface area contributed by atoms with Crippen LogP contribution in [0.15, 0.2) is 55.1 Å². The normalized spacial score (nSPS) is 11.9. The fraction of sp³-hybridized carbons (Fsp3) is 0.0625. The first-order valence-electron chi connectivity index (χ1n) is 6.27. The molecule has 1 heterocycles. The lowest BCUT2D eigenvalue weighted by atomic mass is 10.0. The summed E-state index contributed by atoms with van der Waals surface area (Å²) >= 11 is 11.6. The predicted octanol–water partition coefficient (Wildman–Crippen LogP) is 4.99. The van der Waals surface area contributed by atoms with E-state index in [-0.39, 0.29) is 10.6 Å². The minimum atomic E-state index is 0.0747. The Kier molecular flexibility index (Phi) is 5.26. The van der Waals surface area contributed by atoms with Gasteiger partial charge in [-0.05, 0) is 47.3 Å². The molecule has 0 spiro atoms. The molecule has 0 aliphatic heterocycles. The van der Waals surface area contributed by atoms with E-state index in [1.54, 1.807) is 6.08 Å². The van der Waals surface area contributed by atoms with E-state index in [1.807, 2.05) is 49.4 Å². The zero-order chi connectivity index (χ0) is 15.2. The summed E-state index contributed by atoms with van der Waals surface area (Å²) in [6, 6.07) is 7.80. The molecule has 106 valence electrons. The zero-order valence-corrected chi connectivity index (χ0v) is 12.9. The minimum Gasteiger partial charge on any atom is -0.198 e. The summed E-state index contributed by atoms with van der Waals surface area (Å²) in [5.41, 5.74) is 2.89. The van der Waals surface area contributed by atoms with E-state index < -0.39 is 0 Å². The molecule has 5 heteroatoms. The Balaban J connectivity index is 2.50. The maximum absolute atomic E-state index is 5.82. The SMILES string of the molecule is C=C/C=C(\C=C/C)c1cccc(-c2nc(Cl)nc(Cl)n2)c1. The number of hydrogen-bond donors (Lipinski definition) is 0. The van der Waals surface area contributed by atoms with Crippen LogP contribution in [-0.2, 0) is 0 Å². The Morgan fingerprint density at radius 1 is 1.14 bits per heavy atom. The lowest BCUT2D eigenvalue weighted by molar-refractivity contribution is 1.06. The summed E-state index contributed by atoms with van der Waals surface area (Å²) in [6.07, 6.45) is 7.66. The molecule has 1 aromatic heterocycles. The van der Waals surface area contributed by atoms with Crippen molar-refractivity contribution in [2.45, 2.75) is 6.92 Å². The van der Waals surface area contributed by atoms with Crippen LogP contribution in [0.1, 0.15) is 12.5 Å². The van der Waals surface area contributed by atoms with Crippen molar-refractivity contribution in [3.05, 3.63) is 71.3 Å². The van der Waals surface area contributed by atoms with Crippen LogP contribution in [0.2, 0.25) is 10.6 Å². The Morgan fingerprint density at radius 3 is 2.48 bits per heavy atom. The average molecular weight is 318 g/mol. The van der Waals surface area contributed by atoms with Crippen molar-refractivity contribution in [2.24, 2.45) is 0 Å². The van der Waals surface area contributed by atoms with Crippen LogP contribution >= 0.6 is 23.2 Å². The van der Waals surface area contributed by atoms with Crippen LogP contribution in [0, 0.1) is 0 Å². The van der Waals surface area contributed by atoms with Gasteiger partial charge in [0.1, 0.15) is 0 Å². The number of allylic oxidation sites excluding steroid dienone is 5. The predicted molar refractivity (Wildman–Crippen MR) is 88.3 cm³/mol. The Morgan fingerprint density at radius 2 is 1.86 bits per heavy atom. The molecule has 2 rings (SSSR count). The van der Waals surface area contributed by atoms with Gasteiger partial charge in [0.2, 0.25) is 10.6 Å². The quantitative estimate of drug-likeness (QED) is 0.745. The van der Waals surface area contributed by atoms with Gasteiger partial charge in [0.15, 0.2) is 5.82 Å². The molecule has 21 heavy (non-hydrogen) atoms. The first kappa shape index (κ1) is 15.4. The number of nitrogens with zero attached hydrogens (tertiary/aromatic N) is 3. The van der Waals surface area contributed by atoms with Crippen molar-refractivity contribution in [1.29, 1.82) is 0 Å². The van der Waals surface area contributed by atoms with Gasteiger partial charge in [0.05, 0.1) is 0 Å². The van der Waals surface area contributed by atoms with Gasteiger partial charge in [-0.15, -0.1) is 0 Å². The molecular formula is C16H13Cl2N3. The minimum absolute atomic E-state index is 0.0747. The van der Waals surface area contributed by atoms with Gasteiger partial charge < -0.3 is 0 Å². The Bertz CT molecular complexity index is 701. The molecule has 2 aromatic rings. The Hall–Kier alpha value is -1.97. The van der Waals surface area contributed by atoms with Crippen molar-refractivity contribution in [3.8, 4) is 11.4 Å². The topological polar surface area (TPSA) is 38.7 Å². The van der Waals surface area contributed by atoms with Crippen LogP contribution < -0.4 is 0 Å². The van der Waals surface area contributed by atoms with Crippen molar-refractivity contribution < 1.29 is 0 Å². The summed E-state index contributed by atoms with van der Waals surface area (Å²) in [6.45, 7) is 5.70. The second kappa shape index (κ2) is 7.16. The van der Waals surface area contributed by atoms with Gasteiger partial charge in [-0.25, -0.2) is 0 Å². The van der Waals surface area contributed by atoms with E-state index in [1.165, 1.54) is 0 Å². The number of halogens is 2. The van der Waals surface area contributed by atoms with Gasteiger partial charge in [0, 0.05) is 5.56 Å². The number of hydrogen-bond acceptors (Lipinski definition) is 3. The smallest absolute Gasteiger partial charge is 0.198 e. The second-order valence-electron chi connectivity index (χ2n) is 4.14. The van der Waals surface area contributed by atoms with E-state index >= 15 is 0 Å². The zero-order valence-electron chi connectivity index (χ0n) is 11.4. The highest BCUT2D eigenvalue weighted by atomic mass is 35.5. The van der Waals surface area contributed by atoms with Crippen molar-refractivity contribution in [3.63, 3.8) is 0 Å². The van der Waals surface area contributed by atoms with Crippen LogP contribution in [-0.4, -0.2) is 15.0 Å². The fourth-order valence-corrected chi connectivity index (χ4v) is 2.21. The highest BCUT2D eigenvalue weighted by molar-refractivity contribution is 6.31. The van der Waals surface area contributed by atoms with Gasteiger partial charge in [0.25, 0.3) is 0 Å². The lowest BCUT2D eigenvalue weighted by Crippen LogP contribution is -1.94. The molecule has 1 aromatic carbocycles. The summed E-state index contributed by atoms with van der Waals surface area (Å²) < 4.78 is 0. The summed E-state index contributed by atoms with van der Waals surface area (Å²) in [5.74, 6) is 0.445. The highest BCUT2D eigenvalue weighted by Crippen LogP contribution is 2.23. The third-order valence-electron chi connectivity index (χ3n) is 2.68. The average Bonchev–Trinajstić information content (AvgIpc) is 2.46. The molecule has 0 unspecified atom stereocenters. The van der Waals surface area contributed by atoms with E-state index in [0.29, 0.717) is 5.82 Å². The standard InChI is InChI=1S/C16H13Cl2N3/c1-3-6-11(7-4-2)12-8-5-9-13(10-12)14-19-15(17)21-16(18)20-14/h3-10H,1H2,2H3/b7-4-,11-6+. The van der Waals surface area contributed by atoms with Crippen LogP contribution in [0.4, 0.5) is 0 Å². The fourth-order valence-electron chi connectivity index (χ4n) is 1.85. The van der Waals surface area contributed by atoms with Gasteiger partial charge in [-0.2, -0.15) is 15.0 Å². The van der Waals surface area contributed by atoms with E-state index in [9.17, 15) is 0 Å². The largest absolute Gasteiger partial charge is 0.227 e. The second-order valence-corrected chi connectivity index (χ2v) is 4.81. The molecule has 0 aliphatic carbocycles.